The van der Waals surface area contributed by atoms with Gasteiger partial charge in [0.25, 0.3) is 5.91 Å². The van der Waals surface area contributed by atoms with Gasteiger partial charge in [-0.25, -0.2) is 9.78 Å². The number of rotatable bonds is 7. The van der Waals surface area contributed by atoms with Gasteiger partial charge in [0.1, 0.15) is 5.76 Å². The topological polar surface area (TPSA) is 81.4 Å². The molecule has 0 unspecified atom stereocenters. The van der Waals surface area contributed by atoms with Gasteiger partial charge in [0.2, 0.25) is 5.89 Å². The van der Waals surface area contributed by atoms with Gasteiger partial charge in [-0.1, -0.05) is 55.5 Å². The summed E-state index contributed by atoms with van der Waals surface area (Å²) in [4.78, 5) is 28.4. The smallest absolute Gasteiger partial charge is 0.361 e. The molecule has 0 bridgehead atoms. The maximum absolute atomic E-state index is 12.2. The lowest BCUT2D eigenvalue weighted by Gasteiger charge is -2.13. The molecule has 3 rings (SSSR count). The van der Waals surface area contributed by atoms with Crippen molar-refractivity contribution < 1.29 is 18.7 Å². The van der Waals surface area contributed by atoms with Crippen LogP contribution in [0.5, 0.6) is 0 Å². The third-order valence-electron chi connectivity index (χ3n) is 4.32. The molecule has 0 fully saturated rings. The lowest BCUT2D eigenvalue weighted by Crippen LogP contribution is -2.31. The Labute approximate surface area is 163 Å². The molecule has 2 aromatic carbocycles. The minimum Gasteiger partial charge on any atom is -0.451 e. The third-order valence-corrected chi connectivity index (χ3v) is 4.32. The Bertz CT molecular complexity index is 936. The average molecular weight is 378 g/mol. The highest BCUT2D eigenvalue weighted by Crippen LogP contribution is 2.21. The Kier molecular flexibility index (Phi) is 6.22. The van der Waals surface area contributed by atoms with Crippen molar-refractivity contribution in [3.63, 3.8) is 0 Å². The molecule has 0 aliphatic carbocycles. The summed E-state index contributed by atoms with van der Waals surface area (Å²) in [7, 11) is 0. The molecular formula is C22H22N2O4. The van der Waals surface area contributed by atoms with Crippen LogP contribution in [0.3, 0.4) is 0 Å². The Morgan fingerprint density at radius 1 is 1.07 bits per heavy atom. The summed E-state index contributed by atoms with van der Waals surface area (Å²) >= 11 is 0. The van der Waals surface area contributed by atoms with Crippen molar-refractivity contribution in [3.05, 3.63) is 77.7 Å². The molecule has 6 nitrogen and oxygen atoms in total. The molecule has 28 heavy (non-hydrogen) atoms. The second-order valence-electron chi connectivity index (χ2n) is 6.48. The zero-order valence-electron chi connectivity index (χ0n) is 15.8. The van der Waals surface area contributed by atoms with E-state index in [4.69, 9.17) is 9.15 Å². The Morgan fingerprint density at radius 2 is 1.71 bits per heavy atom. The van der Waals surface area contributed by atoms with Crippen LogP contribution in [-0.2, 0) is 9.53 Å². The number of hydrogen-bond donors (Lipinski definition) is 1. The summed E-state index contributed by atoms with van der Waals surface area (Å²) < 4.78 is 10.6. The second kappa shape index (κ2) is 8.99. The molecule has 0 spiro atoms. The van der Waals surface area contributed by atoms with E-state index in [-0.39, 0.29) is 24.1 Å². The van der Waals surface area contributed by atoms with Gasteiger partial charge >= 0.3 is 5.97 Å². The Hall–Kier alpha value is -3.41. The zero-order valence-corrected chi connectivity index (χ0v) is 15.8. The largest absolute Gasteiger partial charge is 0.451 e. The number of nitrogens with one attached hydrogen (secondary N) is 1. The van der Waals surface area contributed by atoms with E-state index < -0.39 is 5.97 Å². The van der Waals surface area contributed by atoms with E-state index in [1.165, 1.54) is 0 Å². The lowest BCUT2D eigenvalue weighted by molar-refractivity contribution is -0.124. The van der Waals surface area contributed by atoms with E-state index in [1.807, 2.05) is 67.6 Å². The number of hydrogen-bond acceptors (Lipinski definition) is 5. The van der Waals surface area contributed by atoms with E-state index in [0.717, 1.165) is 11.1 Å². The molecule has 1 N–H and O–H groups in total. The van der Waals surface area contributed by atoms with Crippen LogP contribution in [-0.4, -0.2) is 30.0 Å². The van der Waals surface area contributed by atoms with Gasteiger partial charge in [-0.2, -0.15) is 0 Å². The van der Waals surface area contributed by atoms with Crippen LogP contribution in [0.4, 0.5) is 0 Å². The number of carbonyl (C=O) groups is 2. The minimum atomic E-state index is -0.685. The molecule has 0 radical (unpaired) electrons. The van der Waals surface area contributed by atoms with Gasteiger partial charge in [-0.3, -0.25) is 4.79 Å². The van der Waals surface area contributed by atoms with E-state index in [0.29, 0.717) is 18.2 Å². The maximum Gasteiger partial charge on any atom is 0.361 e. The van der Waals surface area contributed by atoms with Crippen molar-refractivity contribution in [2.75, 3.05) is 13.2 Å². The Morgan fingerprint density at radius 3 is 2.39 bits per heavy atom. The summed E-state index contributed by atoms with van der Waals surface area (Å²) in [6.45, 7) is 3.75. The number of ether oxygens (including phenoxy) is 1. The fraction of sp³-hybridized carbons (Fsp3) is 0.227. The first-order chi connectivity index (χ1) is 13.5. The van der Waals surface area contributed by atoms with Crippen LogP contribution >= 0.6 is 0 Å². The SMILES string of the molecule is Cc1oc(-c2ccccc2)nc1C(=O)OCC(=O)NC[C@@H](C)c1ccccc1. The van der Waals surface area contributed by atoms with Crippen molar-refractivity contribution in [2.45, 2.75) is 19.8 Å². The summed E-state index contributed by atoms with van der Waals surface area (Å²) in [5.41, 5.74) is 1.97. The molecular weight excluding hydrogens is 356 g/mol. The number of benzene rings is 2. The summed E-state index contributed by atoms with van der Waals surface area (Å²) in [6, 6.07) is 19.1. The van der Waals surface area contributed by atoms with Crippen molar-refractivity contribution in [2.24, 2.45) is 0 Å². The van der Waals surface area contributed by atoms with E-state index >= 15 is 0 Å². The first-order valence-electron chi connectivity index (χ1n) is 9.06. The van der Waals surface area contributed by atoms with Crippen LogP contribution in [0, 0.1) is 6.92 Å². The standard InChI is InChI=1S/C22H22N2O4/c1-15(17-9-5-3-6-10-17)13-23-19(25)14-27-22(26)20-16(2)28-21(24-20)18-11-7-4-8-12-18/h3-12,15H,13-14H2,1-2H3,(H,23,25)/t15-/m1/s1. The molecule has 6 heteroatoms. The highest BCUT2D eigenvalue weighted by atomic mass is 16.5. The van der Waals surface area contributed by atoms with Crippen LogP contribution in [0.25, 0.3) is 11.5 Å². The van der Waals surface area contributed by atoms with E-state index in [2.05, 4.69) is 10.3 Å². The quantitative estimate of drug-likeness (QED) is 0.634. The predicted molar refractivity (Wildman–Crippen MR) is 105 cm³/mol. The van der Waals surface area contributed by atoms with Gasteiger partial charge in [-0.05, 0) is 30.5 Å². The first kappa shape index (κ1) is 19.4. The fourth-order valence-corrected chi connectivity index (χ4v) is 2.71. The molecule has 0 saturated carbocycles. The van der Waals surface area contributed by atoms with E-state index in [1.54, 1.807) is 6.92 Å². The van der Waals surface area contributed by atoms with Gasteiger partial charge in [0.05, 0.1) is 0 Å². The number of amides is 1. The zero-order chi connectivity index (χ0) is 19.9. The fourth-order valence-electron chi connectivity index (χ4n) is 2.71. The number of oxazole rings is 1. The molecule has 1 aromatic heterocycles. The number of aromatic nitrogens is 1. The van der Waals surface area contributed by atoms with Crippen LogP contribution in [0.2, 0.25) is 0 Å². The van der Waals surface area contributed by atoms with Gasteiger partial charge in [0.15, 0.2) is 12.3 Å². The number of nitrogens with zero attached hydrogens (tertiary/aromatic N) is 1. The average Bonchev–Trinajstić information content (AvgIpc) is 3.13. The highest BCUT2D eigenvalue weighted by molar-refractivity contribution is 5.90. The second-order valence-corrected chi connectivity index (χ2v) is 6.48. The van der Waals surface area contributed by atoms with E-state index in [9.17, 15) is 9.59 Å². The molecule has 0 aliphatic rings. The van der Waals surface area contributed by atoms with Crippen molar-refractivity contribution in [1.82, 2.24) is 10.3 Å². The van der Waals surface area contributed by atoms with Gasteiger partial charge in [0, 0.05) is 12.1 Å². The normalized spacial score (nSPS) is 11.6. The van der Waals surface area contributed by atoms with Crippen LogP contribution in [0.1, 0.15) is 34.7 Å². The first-order valence-corrected chi connectivity index (χ1v) is 9.06. The highest BCUT2D eigenvalue weighted by Gasteiger charge is 2.20. The van der Waals surface area contributed by atoms with Crippen molar-refractivity contribution in [1.29, 1.82) is 0 Å². The molecule has 1 atom stereocenters. The molecule has 1 amide bonds. The van der Waals surface area contributed by atoms with Crippen molar-refractivity contribution >= 4 is 11.9 Å². The molecule has 1 heterocycles. The minimum absolute atomic E-state index is 0.0734. The van der Waals surface area contributed by atoms with Crippen LogP contribution < -0.4 is 5.32 Å². The monoisotopic (exact) mass is 378 g/mol. The maximum atomic E-state index is 12.2. The summed E-state index contributed by atoms with van der Waals surface area (Å²) in [5, 5.41) is 2.77. The Balaban J connectivity index is 1.51. The molecule has 0 aliphatic heterocycles. The summed E-state index contributed by atoms with van der Waals surface area (Å²) in [5.74, 6) is -0.199. The predicted octanol–water partition coefficient (Wildman–Crippen LogP) is 3.73. The number of esters is 1. The molecule has 0 saturated heterocycles. The number of carbonyl (C=O) groups excluding carboxylic acids is 2. The lowest BCUT2D eigenvalue weighted by atomic mass is 10.0. The third kappa shape index (κ3) is 4.85. The van der Waals surface area contributed by atoms with Gasteiger partial charge < -0.3 is 14.5 Å². The number of aryl methyl sites for hydroxylation is 1. The van der Waals surface area contributed by atoms with Crippen LogP contribution in [0.15, 0.2) is 65.1 Å². The molecule has 3 aromatic rings. The molecule has 144 valence electrons. The summed E-state index contributed by atoms with van der Waals surface area (Å²) in [6.07, 6.45) is 0. The van der Waals surface area contributed by atoms with Crippen molar-refractivity contribution in [3.8, 4) is 11.5 Å². The van der Waals surface area contributed by atoms with Gasteiger partial charge in [-0.15, -0.1) is 0 Å².